The summed E-state index contributed by atoms with van der Waals surface area (Å²) < 4.78 is 0. The van der Waals surface area contributed by atoms with Gasteiger partial charge in [-0.3, -0.25) is 0 Å². The lowest BCUT2D eigenvalue weighted by atomic mass is 10.5. The Hall–Kier alpha value is -0.480. The number of rotatable bonds is 4. The molecule has 1 aromatic heterocycles. The first kappa shape index (κ1) is 17.9. The van der Waals surface area contributed by atoms with Crippen molar-refractivity contribution in [2.24, 2.45) is 0 Å². The highest BCUT2D eigenvalue weighted by Crippen LogP contribution is 2.27. The highest BCUT2D eigenvalue weighted by molar-refractivity contribution is 7.99. The Labute approximate surface area is 107 Å². The van der Waals surface area contributed by atoms with Crippen molar-refractivity contribution in [3.63, 3.8) is 0 Å². The van der Waals surface area contributed by atoms with Gasteiger partial charge in [0.05, 0.1) is 0 Å². The van der Waals surface area contributed by atoms with Gasteiger partial charge in [0.2, 0.25) is 0 Å². The highest BCUT2D eigenvalue weighted by Gasteiger charge is 2.10. The molecule has 0 saturated carbocycles. The first-order chi connectivity index (χ1) is 7.75. The highest BCUT2D eigenvalue weighted by atomic mass is 32.2. The first-order valence-electron chi connectivity index (χ1n) is 5.69. The average molecular weight is 262 g/mol. The first-order valence-corrected chi connectivity index (χ1v) is 7.55. The van der Waals surface area contributed by atoms with E-state index in [1.165, 1.54) is 11.3 Å². The zero-order valence-corrected chi connectivity index (χ0v) is 12.4. The maximum Gasteiger partial charge on any atom is 0.347 e. The van der Waals surface area contributed by atoms with E-state index in [1.54, 1.807) is 11.8 Å². The molecule has 0 atom stereocenters. The molecule has 0 aromatic carbocycles. The molecule has 0 fully saturated rings. The monoisotopic (exact) mass is 262 g/mol. The molecular formula is C12H22O2S2. The number of carboxylic acids is 1. The van der Waals surface area contributed by atoms with Crippen molar-refractivity contribution in [1.29, 1.82) is 0 Å². The number of hydrogen-bond acceptors (Lipinski definition) is 3. The lowest BCUT2D eigenvalue weighted by Crippen LogP contribution is -1.93. The minimum Gasteiger partial charge on any atom is -0.477 e. The van der Waals surface area contributed by atoms with E-state index in [4.69, 9.17) is 5.11 Å². The second kappa shape index (κ2) is 12.6. The van der Waals surface area contributed by atoms with Crippen LogP contribution in [0.1, 0.15) is 50.7 Å². The van der Waals surface area contributed by atoms with Crippen molar-refractivity contribution in [2.45, 2.75) is 45.9 Å². The quantitative estimate of drug-likeness (QED) is 0.776. The summed E-state index contributed by atoms with van der Waals surface area (Å²) in [5, 5.41) is 10.6. The van der Waals surface area contributed by atoms with E-state index in [-0.39, 0.29) is 0 Å². The molecule has 4 heteroatoms. The van der Waals surface area contributed by atoms with Gasteiger partial charge in [0.15, 0.2) is 0 Å². The van der Waals surface area contributed by atoms with E-state index in [0.29, 0.717) is 4.88 Å². The molecule has 0 unspecified atom stereocenters. The van der Waals surface area contributed by atoms with Crippen molar-refractivity contribution < 1.29 is 9.90 Å². The van der Waals surface area contributed by atoms with Crippen molar-refractivity contribution in [1.82, 2.24) is 0 Å². The van der Waals surface area contributed by atoms with Crippen LogP contribution in [-0.4, -0.2) is 16.8 Å². The minimum absolute atomic E-state index is 0.466. The van der Waals surface area contributed by atoms with Crippen LogP contribution < -0.4 is 0 Å². The molecule has 0 aliphatic carbocycles. The van der Waals surface area contributed by atoms with Gasteiger partial charge in [0.25, 0.3) is 0 Å². The van der Waals surface area contributed by atoms with Gasteiger partial charge < -0.3 is 5.11 Å². The summed E-state index contributed by atoms with van der Waals surface area (Å²) in [7, 11) is 0. The number of hydrogen-bond donors (Lipinski definition) is 1. The Bertz CT molecular complexity index is 270. The molecule has 1 aromatic rings. The molecule has 0 bridgehead atoms. The number of thioether (sulfide) groups is 1. The third-order valence-electron chi connectivity index (χ3n) is 1.29. The Balaban J connectivity index is 0. The van der Waals surface area contributed by atoms with Crippen LogP contribution in [0, 0.1) is 0 Å². The standard InChI is InChI=1S/C8H10O2S2.2C2H6/c1-2-4-11-6-3-5-12-7(6)8(9)10;2*1-2/h3,5H,2,4H2,1H3,(H,9,10);2*1-2H3. The predicted octanol–water partition coefficient (Wildman–Crippen LogP) is 5.00. The number of thiophene rings is 1. The second-order valence-electron chi connectivity index (χ2n) is 2.27. The predicted molar refractivity (Wildman–Crippen MR) is 75.0 cm³/mol. The van der Waals surface area contributed by atoms with Gasteiger partial charge in [-0.1, -0.05) is 34.6 Å². The molecule has 0 aliphatic rings. The van der Waals surface area contributed by atoms with Crippen LogP contribution in [0.4, 0.5) is 0 Å². The van der Waals surface area contributed by atoms with Gasteiger partial charge in [-0.2, -0.15) is 0 Å². The lowest BCUT2D eigenvalue weighted by Gasteiger charge is -1.96. The van der Waals surface area contributed by atoms with E-state index >= 15 is 0 Å². The largest absolute Gasteiger partial charge is 0.477 e. The normalized spacial score (nSPS) is 8.31. The van der Waals surface area contributed by atoms with Crippen LogP contribution in [0.5, 0.6) is 0 Å². The van der Waals surface area contributed by atoms with Crippen LogP contribution in [0.3, 0.4) is 0 Å². The summed E-state index contributed by atoms with van der Waals surface area (Å²) in [5.74, 6) is 0.167. The third-order valence-corrected chi connectivity index (χ3v) is 3.58. The third kappa shape index (κ3) is 6.90. The van der Waals surface area contributed by atoms with Crippen LogP contribution in [0.2, 0.25) is 0 Å². The average Bonchev–Trinajstić information content (AvgIpc) is 2.80. The molecule has 1 heterocycles. The molecule has 0 saturated heterocycles. The summed E-state index contributed by atoms with van der Waals surface area (Å²) in [6, 6.07) is 1.87. The molecule has 0 spiro atoms. The van der Waals surface area contributed by atoms with Crippen molar-refractivity contribution in [3.05, 3.63) is 16.3 Å². The van der Waals surface area contributed by atoms with Crippen LogP contribution >= 0.6 is 23.1 Å². The summed E-state index contributed by atoms with van der Waals surface area (Å²) in [6.07, 6.45) is 1.07. The van der Waals surface area contributed by atoms with E-state index < -0.39 is 5.97 Å². The molecule has 0 aliphatic heterocycles. The fraction of sp³-hybridized carbons (Fsp3) is 0.583. The number of aromatic carboxylic acids is 1. The molecular weight excluding hydrogens is 240 g/mol. The molecule has 2 nitrogen and oxygen atoms in total. The topological polar surface area (TPSA) is 37.3 Å². The Morgan fingerprint density at radius 1 is 1.38 bits per heavy atom. The Kier molecular flexibility index (Phi) is 14.1. The van der Waals surface area contributed by atoms with Gasteiger partial charge in [-0.05, 0) is 23.6 Å². The molecule has 1 rings (SSSR count). The minimum atomic E-state index is -0.816. The molecule has 1 N–H and O–H groups in total. The van der Waals surface area contributed by atoms with E-state index in [1.807, 2.05) is 39.1 Å². The van der Waals surface area contributed by atoms with E-state index in [9.17, 15) is 4.79 Å². The van der Waals surface area contributed by atoms with Crippen molar-refractivity contribution >= 4 is 29.1 Å². The van der Waals surface area contributed by atoms with Gasteiger partial charge in [-0.15, -0.1) is 23.1 Å². The van der Waals surface area contributed by atoms with Gasteiger partial charge >= 0.3 is 5.97 Å². The smallest absolute Gasteiger partial charge is 0.347 e. The van der Waals surface area contributed by atoms with Gasteiger partial charge in [0, 0.05) is 4.90 Å². The molecule has 0 radical (unpaired) electrons. The Morgan fingerprint density at radius 3 is 2.38 bits per heavy atom. The van der Waals surface area contributed by atoms with E-state index in [0.717, 1.165) is 17.1 Å². The SMILES string of the molecule is CC.CC.CCCSc1ccsc1C(=O)O. The molecule has 16 heavy (non-hydrogen) atoms. The van der Waals surface area contributed by atoms with Crippen LogP contribution in [0.15, 0.2) is 16.3 Å². The summed E-state index contributed by atoms with van der Waals surface area (Å²) >= 11 is 2.90. The summed E-state index contributed by atoms with van der Waals surface area (Å²) in [6.45, 7) is 10.1. The Morgan fingerprint density at radius 2 is 1.94 bits per heavy atom. The van der Waals surface area contributed by atoms with Crippen LogP contribution in [-0.2, 0) is 0 Å². The molecule has 94 valence electrons. The van der Waals surface area contributed by atoms with Gasteiger partial charge in [0.1, 0.15) is 4.88 Å². The summed E-state index contributed by atoms with van der Waals surface area (Å²) in [5.41, 5.74) is 0. The lowest BCUT2D eigenvalue weighted by molar-refractivity contribution is 0.0699. The fourth-order valence-electron chi connectivity index (χ4n) is 0.779. The second-order valence-corrected chi connectivity index (χ2v) is 4.32. The van der Waals surface area contributed by atoms with Crippen molar-refractivity contribution in [2.75, 3.05) is 5.75 Å². The molecule has 0 amide bonds. The maximum atomic E-state index is 10.6. The van der Waals surface area contributed by atoms with Crippen LogP contribution in [0.25, 0.3) is 0 Å². The van der Waals surface area contributed by atoms with Crippen molar-refractivity contribution in [3.8, 4) is 0 Å². The van der Waals surface area contributed by atoms with E-state index in [2.05, 4.69) is 6.92 Å². The fourth-order valence-corrected chi connectivity index (χ4v) is 2.62. The number of carboxylic acid groups (broad SMARTS) is 1. The summed E-state index contributed by atoms with van der Waals surface area (Å²) in [4.78, 5) is 12.0. The zero-order valence-electron chi connectivity index (χ0n) is 10.7. The van der Waals surface area contributed by atoms with Gasteiger partial charge in [-0.25, -0.2) is 4.79 Å². The maximum absolute atomic E-state index is 10.6. The zero-order chi connectivity index (χ0) is 13.0. The number of carbonyl (C=O) groups is 1.